The number of hydrogen-bond donors (Lipinski definition) is 12. The minimum atomic E-state index is -1.98. The van der Waals surface area contributed by atoms with Crippen LogP contribution in [0, 0.1) is 63.1 Å². The molecule has 0 amide bonds. The van der Waals surface area contributed by atoms with Crippen LogP contribution < -0.4 is 16.4 Å². The molecule has 2 spiro atoms. The molecule has 13 aliphatic rings. The lowest BCUT2D eigenvalue weighted by atomic mass is 9.30. The molecule has 2 heterocycles. The fraction of sp³-hybridized carbons (Fsp3) is 0.836. The Kier molecular flexibility index (Phi) is 16.2. The van der Waals surface area contributed by atoms with Gasteiger partial charge in [-0.05, 0) is 177 Å². The highest BCUT2D eigenvalue weighted by atomic mass is 16.5. The lowest BCUT2D eigenvalue weighted by Gasteiger charge is -2.74. The second-order valence-corrected chi connectivity index (χ2v) is 29.5. The minimum Gasteiger partial charge on any atom is -0.396 e. The second kappa shape index (κ2) is 22.3. The van der Waals surface area contributed by atoms with Crippen molar-refractivity contribution in [2.75, 3.05) is 19.8 Å². The second-order valence-electron chi connectivity index (χ2n) is 29.5. The summed E-state index contributed by atoms with van der Waals surface area (Å²) in [5.41, 5.74) is -4.33. The Balaban J connectivity index is 1.05. The number of ketones is 1. The lowest BCUT2D eigenvalue weighted by molar-refractivity contribution is -0.285. The molecule has 15 heteroatoms. The van der Waals surface area contributed by atoms with Gasteiger partial charge in [-0.2, -0.15) is 0 Å². The first-order valence-corrected chi connectivity index (χ1v) is 33.1. The van der Waals surface area contributed by atoms with Crippen LogP contribution in [0.1, 0.15) is 194 Å². The van der Waals surface area contributed by atoms with Crippen LogP contribution in [-0.4, -0.2) is 143 Å². The zero-order chi connectivity index (χ0) is 57.8. The maximum absolute atomic E-state index is 16.4. The predicted molar refractivity (Wildman–Crippen MR) is 311 cm³/mol. The Morgan fingerprint density at radius 3 is 2.34 bits per heavy atom. The van der Waals surface area contributed by atoms with Gasteiger partial charge in [0.15, 0.2) is 5.78 Å². The van der Waals surface area contributed by atoms with Gasteiger partial charge in [-0.3, -0.25) is 4.79 Å². The number of Topliss-reactive ketones (excluding diaryl/α,β-unsaturated/α-hetero) is 1. The summed E-state index contributed by atoms with van der Waals surface area (Å²) in [6, 6.07) is 0. The molecule has 2 bridgehead atoms. The average Bonchev–Trinajstić information content (AvgIpc) is 1.22. The fourth-order valence-corrected chi connectivity index (χ4v) is 21.7. The molecule has 458 valence electrons. The van der Waals surface area contributed by atoms with Gasteiger partial charge in [-0.15, -0.1) is 0 Å². The highest BCUT2D eigenvalue weighted by molar-refractivity contribution is 6.01. The molecular formula is C67H103N3O12. The van der Waals surface area contributed by atoms with E-state index in [-0.39, 0.29) is 87.5 Å². The normalized spacial score (nSPS) is 48.2. The summed E-state index contributed by atoms with van der Waals surface area (Å²) in [6.45, 7) is 6.22. The first-order chi connectivity index (χ1) is 39.2. The lowest BCUT2D eigenvalue weighted by Crippen LogP contribution is -2.78. The highest BCUT2D eigenvalue weighted by Gasteiger charge is 2.85. The van der Waals surface area contributed by atoms with Crippen molar-refractivity contribution in [3.05, 3.63) is 59.0 Å². The number of nitrogens with two attached hydrogens (primary N) is 1. The number of fused-ring (bicyclic) bond motifs is 5. The number of aliphatic hydroxyl groups excluding tert-OH is 5. The fourth-order valence-electron chi connectivity index (χ4n) is 21.7. The van der Waals surface area contributed by atoms with Gasteiger partial charge < -0.3 is 71.8 Å². The van der Waals surface area contributed by atoms with E-state index in [9.17, 15) is 35.7 Å². The monoisotopic (exact) mass is 1140 g/mol. The number of dihydropyridines is 1. The maximum atomic E-state index is 16.4. The highest BCUT2D eigenvalue weighted by Crippen LogP contribution is 2.83. The summed E-state index contributed by atoms with van der Waals surface area (Å²) in [5.74, 6) is -1.98. The largest absolute Gasteiger partial charge is 0.396 e. The first kappa shape index (κ1) is 59.8. The predicted octanol–water partition coefficient (Wildman–Crippen LogP) is 6.71. The molecule has 0 aromatic carbocycles. The van der Waals surface area contributed by atoms with Crippen molar-refractivity contribution < 1.29 is 60.2 Å². The SMILES string of the molecule is CCCC1CCC2OC3C(C(O)CCCC3(O)C(C)(O)C3CCC4(O)C5=C(NCC(C)O)C(=O)C6CC(O)C(O)CC67CC6(C8=C(CCCO)NC(N)C=C8)C=CC(O)(CC34C3CCC(CCOC4CCCCC4)CC3)C57C=C6)C2CC1. The molecule has 0 radical (unpaired) electrons. The molecule has 0 aromatic rings. The summed E-state index contributed by atoms with van der Waals surface area (Å²) < 4.78 is 13.8. The van der Waals surface area contributed by atoms with Gasteiger partial charge in [0.1, 0.15) is 5.60 Å². The summed E-state index contributed by atoms with van der Waals surface area (Å²) in [6.07, 6.45) is 24.7. The molecule has 0 aromatic heterocycles. The van der Waals surface area contributed by atoms with Crippen LogP contribution >= 0.6 is 0 Å². The Labute approximate surface area is 487 Å². The van der Waals surface area contributed by atoms with Crippen molar-refractivity contribution in [3.8, 4) is 0 Å². The zero-order valence-corrected chi connectivity index (χ0v) is 49.7. The molecule has 8 fully saturated rings. The van der Waals surface area contributed by atoms with Crippen molar-refractivity contribution in [3.63, 3.8) is 0 Å². The average molecular weight is 1140 g/mol. The Bertz CT molecular complexity index is 2530. The van der Waals surface area contributed by atoms with Crippen LogP contribution in [0.25, 0.3) is 0 Å². The van der Waals surface area contributed by atoms with Crippen LogP contribution in [0.4, 0.5) is 0 Å². The number of hydrogen-bond acceptors (Lipinski definition) is 15. The van der Waals surface area contributed by atoms with Crippen molar-refractivity contribution in [1.29, 1.82) is 0 Å². The molecule has 15 nitrogen and oxygen atoms in total. The standard InChI is InChI=1S/C67H103N3O12/c1-4-10-41-17-21-45-52(23-18-41)82-59-55(45)49(73)14-8-27-67(59,80)60(3,77)53-25-28-66(79)58-56(69-37-40(2)72)57(76)47-35-50(74)51(75)36-62(47)38-61(46-22-24-54(68)70-48(46)13-9-33-71)29-31-63(78,65(58,62)32-30-61)39-64(53,66)43-19-15-42(16-20-43)26-34-81-44-11-6-5-7-12-44/h22,24,29-32,40-45,47,49-55,59,69-75,77-80H,4-21,23,25-28,33-39,68H2,1-3H3. The molecular weight excluding hydrogens is 1040 g/mol. The van der Waals surface area contributed by atoms with E-state index in [1.807, 2.05) is 24.3 Å². The molecule has 13 rings (SSSR count). The zero-order valence-electron chi connectivity index (χ0n) is 49.7. The third kappa shape index (κ3) is 9.00. The van der Waals surface area contributed by atoms with E-state index < -0.39 is 98.5 Å². The number of ether oxygens (including phenoxy) is 2. The molecule has 2 aliphatic heterocycles. The van der Waals surface area contributed by atoms with Crippen LogP contribution in [-0.2, 0) is 14.3 Å². The summed E-state index contributed by atoms with van der Waals surface area (Å²) >= 11 is 0. The van der Waals surface area contributed by atoms with Gasteiger partial charge in [0.2, 0.25) is 0 Å². The quantitative estimate of drug-likeness (QED) is 0.0717. The number of carbonyl (C=O) groups is 1. The van der Waals surface area contributed by atoms with Crippen LogP contribution in [0.3, 0.4) is 0 Å². The van der Waals surface area contributed by atoms with Gasteiger partial charge in [0.25, 0.3) is 0 Å². The number of rotatable bonds is 16. The van der Waals surface area contributed by atoms with Gasteiger partial charge >= 0.3 is 0 Å². The van der Waals surface area contributed by atoms with Crippen LogP contribution in [0.15, 0.2) is 59.0 Å². The van der Waals surface area contributed by atoms with E-state index in [0.29, 0.717) is 68.6 Å². The van der Waals surface area contributed by atoms with E-state index >= 15 is 15.0 Å². The van der Waals surface area contributed by atoms with E-state index in [1.165, 1.54) is 19.3 Å². The van der Waals surface area contributed by atoms with Crippen LogP contribution in [0.5, 0.6) is 0 Å². The van der Waals surface area contributed by atoms with E-state index in [0.717, 1.165) is 81.9 Å². The van der Waals surface area contributed by atoms with Crippen LogP contribution in [0.2, 0.25) is 0 Å². The number of aliphatic hydroxyl groups is 9. The van der Waals surface area contributed by atoms with E-state index in [2.05, 4.69) is 29.7 Å². The van der Waals surface area contributed by atoms with Crippen molar-refractivity contribution in [2.45, 2.75) is 265 Å². The summed E-state index contributed by atoms with van der Waals surface area (Å²) in [7, 11) is 0. The molecule has 20 unspecified atom stereocenters. The molecule has 11 aliphatic carbocycles. The van der Waals surface area contributed by atoms with Crippen molar-refractivity contribution >= 4 is 5.78 Å². The number of carbonyl (C=O) groups excluding carboxylic acids is 1. The minimum absolute atomic E-state index is 0.00795. The Morgan fingerprint density at radius 2 is 1.60 bits per heavy atom. The maximum Gasteiger partial charge on any atom is 0.182 e. The molecule has 13 N–H and O–H groups in total. The molecule has 7 saturated carbocycles. The number of allylic oxidation sites excluding steroid dienone is 6. The smallest absolute Gasteiger partial charge is 0.182 e. The third-order valence-corrected chi connectivity index (χ3v) is 25.3. The van der Waals surface area contributed by atoms with E-state index in [4.69, 9.17) is 15.2 Å². The number of nitrogens with one attached hydrogen (secondary N) is 2. The van der Waals surface area contributed by atoms with Gasteiger partial charge in [0, 0.05) is 59.1 Å². The summed E-state index contributed by atoms with van der Waals surface area (Å²) in [5, 5.41) is 124. The van der Waals surface area contributed by atoms with Crippen molar-refractivity contribution in [2.24, 2.45) is 68.8 Å². The topological polar surface area (TPSA) is 268 Å². The molecule has 1 saturated heterocycles. The molecule has 20 atom stereocenters. The first-order valence-electron chi connectivity index (χ1n) is 33.1. The van der Waals surface area contributed by atoms with E-state index in [1.54, 1.807) is 13.8 Å². The Morgan fingerprint density at radius 1 is 0.866 bits per heavy atom. The third-order valence-electron chi connectivity index (χ3n) is 25.3. The van der Waals surface area contributed by atoms with Crippen molar-refractivity contribution in [1.82, 2.24) is 10.6 Å². The van der Waals surface area contributed by atoms with Gasteiger partial charge in [-0.25, -0.2) is 0 Å². The molecule has 82 heavy (non-hydrogen) atoms. The Hall–Kier alpha value is -2.51. The summed E-state index contributed by atoms with van der Waals surface area (Å²) in [4.78, 5) is 16.4. The van der Waals surface area contributed by atoms with Gasteiger partial charge in [0.05, 0.1) is 76.8 Å². The van der Waals surface area contributed by atoms with Gasteiger partial charge in [-0.1, -0.05) is 88.7 Å².